The number of nitro groups is 1. The topological polar surface area (TPSA) is 97.1 Å². The molecule has 8 nitrogen and oxygen atoms in total. The van der Waals surface area contributed by atoms with Crippen LogP contribution >= 0.6 is 0 Å². The summed E-state index contributed by atoms with van der Waals surface area (Å²) in [7, 11) is 0. The van der Waals surface area contributed by atoms with Crippen LogP contribution in [0, 0.1) is 10.1 Å². The fourth-order valence-corrected chi connectivity index (χ4v) is 1.31. The molecule has 1 aromatic rings. The molecule has 0 saturated heterocycles. The number of non-ortho nitro benzene ring substituents is 1. The molecule has 21 heavy (non-hydrogen) atoms. The van der Waals surface area contributed by atoms with Gasteiger partial charge in [0.1, 0.15) is 12.4 Å². The summed E-state index contributed by atoms with van der Waals surface area (Å²) in [6.07, 6.45) is -0.891. The molecule has 0 fully saturated rings. The predicted molar refractivity (Wildman–Crippen MR) is 72.4 cm³/mol. The van der Waals surface area contributed by atoms with Gasteiger partial charge in [0, 0.05) is 18.7 Å². The summed E-state index contributed by atoms with van der Waals surface area (Å²) in [5.74, 6) is 0.169. The number of rotatable bonds is 9. The van der Waals surface area contributed by atoms with E-state index < -0.39 is 11.1 Å². The lowest BCUT2D eigenvalue weighted by Crippen LogP contribution is -2.15. The molecule has 8 heteroatoms. The SMILES string of the molecule is CCOCCOCCOC(=O)Oc1ccc([N+](=O)[O-])cc1. The van der Waals surface area contributed by atoms with E-state index in [-0.39, 0.29) is 24.7 Å². The number of hydrogen-bond donors (Lipinski definition) is 0. The average molecular weight is 299 g/mol. The van der Waals surface area contributed by atoms with E-state index in [2.05, 4.69) is 0 Å². The second kappa shape index (κ2) is 9.67. The van der Waals surface area contributed by atoms with E-state index in [1.165, 1.54) is 24.3 Å². The molecule has 1 aromatic carbocycles. The third-order valence-corrected chi connectivity index (χ3v) is 2.27. The van der Waals surface area contributed by atoms with E-state index in [9.17, 15) is 14.9 Å². The molecule has 0 aromatic heterocycles. The Hall–Kier alpha value is -2.19. The Labute approximate surface area is 121 Å². The Kier molecular flexibility index (Phi) is 7.77. The van der Waals surface area contributed by atoms with Crippen LogP contribution in [-0.2, 0) is 14.2 Å². The van der Waals surface area contributed by atoms with Crippen LogP contribution in [0.2, 0.25) is 0 Å². The minimum atomic E-state index is -0.891. The Balaban J connectivity index is 2.17. The quantitative estimate of drug-likeness (QED) is 0.226. The van der Waals surface area contributed by atoms with Crippen molar-refractivity contribution in [2.75, 3.05) is 33.0 Å². The normalized spacial score (nSPS) is 10.1. The van der Waals surface area contributed by atoms with Crippen LogP contribution in [0.4, 0.5) is 10.5 Å². The van der Waals surface area contributed by atoms with Gasteiger partial charge in [0.05, 0.1) is 24.7 Å². The zero-order chi connectivity index (χ0) is 15.5. The Bertz CT molecular complexity index is 446. The lowest BCUT2D eigenvalue weighted by molar-refractivity contribution is -0.384. The van der Waals surface area contributed by atoms with Gasteiger partial charge in [-0.1, -0.05) is 0 Å². The fourth-order valence-electron chi connectivity index (χ4n) is 1.31. The maximum absolute atomic E-state index is 11.3. The molecule has 0 aliphatic rings. The second-order valence-electron chi connectivity index (χ2n) is 3.76. The molecule has 0 bridgehead atoms. The molecule has 0 saturated carbocycles. The maximum atomic E-state index is 11.3. The van der Waals surface area contributed by atoms with E-state index >= 15 is 0 Å². The lowest BCUT2D eigenvalue weighted by Gasteiger charge is -2.06. The monoisotopic (exact) mass is 299 g/mol. The zero-order valence-electron chi connectivity index (χ0n) is 11.6. The van der Waals surface area contributed by atoms with Crippen LogP contribution in [0.15, 0.2) is 24.3 Å². The number of carbonyl (C=O) groups is 1. The van der Waals surface area contributed by atoms with Crippen LogP contribution in [0.3, 0.4) is 0 Å². The van der Waals surface area contributed by atoms with Crippen LogP contribution < -0.4 is 4.74 Å². The number of ether oxygens (including phenoxy) is 4. The molecule has 0 spiro atoms. The van der Waals surface area contributed by atoms with Gasteiger partial charge in [-0.15, -0.1) is 0 Å². The summed E-state index contributed by atoms with van der Waals surface area (Å²) < 4.78 is 19.8. The highest BCUT2D eigenvalue weighted by Gasteiger charge is 2.08. The van der Waals surface area contributed by atoms with Crippen molar-refractivity contribution in [3.63, 3.8) is 0 Å². The summed E-state index contributed by atoms with van der Waals surface area (Å²) in [6.45, 7) is 3.72. The molecule has 0 N–H and O–H groups in total. The van der Waals surface area contributed by atoms with Crippen molar-refractivity contribution in [1.29, 1.82) is 0 Å². The van der Waals surface area contributed by atoms with Gasteiger partial charge in [0.2, 0.25) is 0 Å². The van der Waals surface area contributed by atoms with Crippen molar-refractivity contribution in [3.05, 3.63) is 34.4 Å². The van der Waals surface area contributed by atoms with Gasteiger partial charge in [0.25, 0.3) is 5.69 Å². The first kappa shape index (κ1) is 16.9. The molecule has 116 valence electrons. The molecule has 0 heterocycles. The smallest absolute Gasteiger partial charge is 0.432 e. The zero-order valence-corrected chi connectivity index (χ0v) is 11.6. The Morgan fingerprint density at radius 1 is 1.10 bits per heavy atom. The number of hydrogen-bond acceptors (Lipinski definition) is 7. The van der Waals surface area contributed by atoms with Crippen molar-refractivity contribution in [3.8, 4) is 5.75 Å². The van der Waals surface area contributed by atoms with Crippen LogP contribution in [-0.4, -0.2) is 44.1 Å². The molecule has 0 amide bonds. The highest BCUT2D eigenvalue weighted by Crippen LogP contribution is 2.17. The van der Waals surface area contributed by atoms with Gasteiger partial charge < -0.3 is 18.9 Å². The highest BCUT2D eigenvalue weighted by molar-refractivity contribution is 5.63. The summed E-state index contributed by atoms with van der Waals surface area (Å²) >= 11 is 0. The molecule has 0 radical (unpaired) electrons. The molecular formula is C13H17NO7. The number of carbonyl (C=O) groups excluding carboxylic acids is 1. The number of nitrogens with zero attached hydrogens (tertiary/aromatic N) is 1. The predicted octanol–water partition coefficient (Wildman–Crippen LogP) is 2.16. The molecule has 1 rings (SSSR count). The summed E-state index contributed by atoms with van der Waals surface area (Å²) in [4.78, 5) is 21.2. The van der Waals surface area contributed by atoms with Crippen LogP contribution in [0.5, 0.6) is 5.75 Å². The standard InChI is InChI=1S/C13H17NO7/c1-2-18-7-8-19-9-10-20-13(15)21-12-5-3-11(4-6-12)14(16)17/h3-6H,2,7-10H2,1H3. The molecule has 0 aliphatic carbocycles. The van der Waals surface area contributed by atoms with E-state index in [1.54, 1.807) is 0 Å². The largest absolute Gasteiger partial charge is 0.513 e. The molecule has 0 unspecified atom stereocenters. The van der Waals surface area contributed by atoms with Gasteiger partial charge in [-0.3, -0.25) is 10.1 Å². The van der Waals surface area contributed by atoms with Gasteiger partial charge in [-0.05, 0) is 19.1 Å². The highest BCUT2D eigenvalue weighted by atomic mass is 16.7. The van der Waals surface area contributed by atoms with Gasteiger partial charge in [-0.25, -0.2) is 4.79 Å². The van der Waals surface area contributed by atoms with Crippen molar-refractivity contribution in [2.45, 2.75) is 6.92 Å². The van der Waals surface area contributed by atoms with Crippen LogP contribution in [0.1, 0.15) is 6.92 Å². The van der Waals surface area contributed by atoms with Gasteiger partial charge in [0.15, 0.2) is 0 Å². The summed E-state index contributed by atoms with van der Waals surface area (Å²) in [5, 5.41) is 10.5. The van der Waals surface area contributed by atoms with Crippen LogP contribution in [0.25, 0.3) is 0 Å². The second-order valence-corrected chi connectivity index (χ2v) is 3.76. The van der Waals surface area contributed by atoms with E-state index in [4.69, 9.17) is 18.9 Å². The van der Waals surface area contributed by atoms with Gasteiger partial charge in [-0.2, -0.15) is 0 Å². The lowest BCUT2D eigenvalue weighted by atomic mass is 10.3. The molecule has 0 atom stereocenters. The Morgan fingerprint density at radius 3 is 2.33 bits per heavy atom. The third kappa shape index (κ3) is 7.23. The van der Waals surface area contributed by atoms with Crippen molar-refractivity contribution >= 4 is 11.8 Å². The minimum absolute atomic E-state index is 0.0535. The summed E-state index contributed by atoms with van der Waals surface area (Å²) in [5.41, 5.74) is -0.0848. The fraction of sp³-hybridized carbons (Fsp3) is 0.462. The number of benzene rings is 1. The van der Waals surface area contributed by atoms with E-state index in [1.807, 2.05) is 6.92 Å². The summed E-state index contributed by atoms with van der Waals surface area (Å²) in [6, 6.07) is 5.11. The first-order valence-corrected chi connectivity index (χ1v) is 6.38. The molecular weight excluding hydrogens is 282 g/mol. The van der Waals surface area contributed by atoms with Crippen molar-refractivity contribution in [2.24, 2.45) is 0 Å². The first-order valence-electron chi connectivity index (χ1n) is 6.38. The maximum Gasteiger partial charge on any atom is 0.513 e. The Morgan fingerprint density at radius 2 is 1.71 bits per heavy atom. The van der Waals surface area contributed by atoms with E-state index in [0.29, 0.717) is 19.8 Å². The van der Waals surface area contributed by atoms with E-state index in [0.717, 1.165) is 0 Å². The average Bonchev–Trinajstić information content (AvgIpc) is 2.47. The number of nitro benzene ring substituents is 1. The van der Waals surface area contributed by atoms with Gasteiger partial charge >= 0.3 is 6.16 Å². The van der Waals surface area contributed by atoms with Crippen molar-refractivity contribution < 1.29 is 28.7 Å². The third-order valence-electron chi connectivity index (χ3n) is 2.27. The molecule has 0 aliphatic heterocycles. The van der Waals surface area contributed by atoms with Crippen molar-refractivity contribution in [1.82, 2.24) is 0 Å². The first-order chi connectivity index (χ1) is 10.1. The minimum Gasteiger partial charge on any atom is -0.432 e.